The molecule has 1 aromatic heterocycles. The zero-order valence-corrected chi connectivity index (χ0v) is 12.4. The lowest BCUT2D eigenvalue weighted by molar-refractivity contribution is 0.405. The molecule has 3 nitrogen and oxygen atoms in total. The van der Waals surface area contributed by atoms with Crippen molar-refractivity contribution in [1.82, 2.24) is 10.3 Å². The smallest absolute Gasteiger partial charge is 0.122 e. The molecule has 1 heterocycles. The van der Waals surface area contributed by atoms with Crippen molar-refractivity contribution in [3.63, 3.8) is 0 Å². The Balaban J connectivity index is 2.26. The summed E-state index contributed by atoms with van der Waals surface area (Å²) in [5, 5.41) is 3.52. The minimum atomic E-state index is 0.254. The fourth-order valence-corrected chi connectivity index (χ4v) is 2.42. The van der Waals surface area contributed by atoms with Gasteiger partial charge in [0.1, 0.15) is 5.75 Å². The number of aromatic nitrogens is 1. The first-order chi connectivity index (χ1) is 9.74. The number of hydrogen-bond acceptors (Lipinski definition) is 3. The van der Waals surface area contributed by atoms with Crippen LogP contribution in [0.4, 0.5) is 0 Å². The van der Waals surface area contributed by atoms with Crippen LogP contribution >= 0.6 is 0 Å². The van der Waals surface area contributed by atoms with Crippen molar-refractivity contribution in [1.29, 1.82) is 0 Å². The van der Waals surface area contributed by atoms with Gasteiger partial charge in [0.15, 0.2) is 0 Å². The molecule has 2 rings (SSSR count). The second-order valence-electron chi connectivity index (χ2n) is 4.92. The highest BCUT2D eigenvalue weighted by molar-refractivity contribution is 5.38. The van der Waals surface area contributed by atoms with Gasteiger partial charge in [0.05, 0.1) is 7.11 Å². The van der Waals surface area contributed by atoms with Gasteiger partial charge in [-0.2, -0.15) is 0 Å². The average Bonchev–Trinajstić information content (AvgIpc) is 2.48. The first-order valence-electron chi connectivity index (χ1n) is 7.01. The normalized spacial score (nSPS) is 12.2. The molecule has 106 valence electrons. The van der Waals surface area contributed by atoms with Crippen LogP contribution in [0.15, 0.2) is 42.7 Å². The summed E-state index contributed by atoms with van der Waals surface area (Å²) in [4.78, 5) is 4.22. The van der Waals surface area contributed by atoms with E-state index in [2.05, 4.69) is 42.3 Å². The van der Waals surface area contributed by atoms with Crippen molar-refractivity contribution in [2.45, 2.75) is 26.3 Å². The number of aryl methyl sites for hydroxylation is 1. The Labute approximate surface area is 121 Å². The van der Waals surface area contributed by atoms with Crippen LogP contribution in [0, 0.1) is 6.92 Å². The number of benzene rings is 1. The molecule has 1 unspecified atom stereocenters. The van der Waals surface area contributed by atoms with Crippen LogP contribution in [0.25, 0.3) is 0 Å². The van der Waals surface area contributed by atoms with Gasteiger partial charge >= 0.3 is 0 Å². The van der Waals surface area contributed by atoms with Gasteiger partial charge in [-0.15, -0.1) is 0 Å². The maximum atomic E-state index is 5.47. The minimum Gasteiger partial charge on any atom is -0.496 e. The Hall–Kier alpha value is -1.87. The molecule has 0 fully saturated rings. The predicted octanol–water partition coefficient (Wildman–Crippen LogP) is 3.29. The summed E-state index contributed by atoms with van der Waals surface area (Å²) in [6, 6.07) is 10.7. The number of pyridine rings is 1. The summed E-state index contributed by atoms with van der Waals surface area (Å²) in [6.45, 7) is 5.15. The fraction of sp³-hybridized carbons (Fsp3) is 0.353. The van der Waals surface area contributed by atoms with Crippen molar-refractivity contribution < 1.29 is 4.74 Å². The zero-order valence-electron chi connectivity index (χ0n) is 12.4. The number of likely N-dealkylation sites (N-methyl/N-ethyl adjacent to an activating group) is 1. The first-order valence-corrected chi connectivity index (χ1v) is 7.01. The second kappa shape index (κ2) is 7.06. The molecule has 0 bridgehead atoms. The lowest BCUT2D eigenvalue weighted by Crippen LogP contribution is -2.23. The van der Waals surface area contributed by atoms with E-state index in [0.29, 0.717) is 0 Å². The molecule has 0 amide bonds. The molecule has 1 atom stereocenters. The lowest BCUT2D eigenvalue weighted by Gasteiger charge is -2.20. The molecule has 2 aromatic rings. The van der Waals surface area contributed by atoms with Crippen LogP contribution in [-0.4, -0.2) is 18.6 Å². The van der Waals surface area contributed by atoms with Gasteiger partial charge in [-0.05, 0) is 43.1 Å². The van der Waals surface area contributed by atoms with Gasteiger partial charge in [-0.25, -0.2) is 0 Å². The largest absolute Gasteiger partial charge is 0.496 e. The van der Waals surface area contributed by atoms with Gasteiger partial charge in [-0.3, -0.25) is 4.98 Å². The predicted molar refractivity (Wildman–Crippen MR) is 82.1 cm³/mol. The highest BCUT2D eigenvalue weighted by atomic mass is 16.5. The van der Waals surface area contributed by atoms with E-state index in [0.717, 1.165) is 18.7 Å². The standard InChI is InChI=1S/C17H22N2O/c1-4-19-16(14-6-5-9-18-12-14)11-15-10-13(2)7-8-17(15)20-3/h5-10,12,16,19H,4,11H2,1-3H3. The summed E-state index contributed by atoms with van der Waals surface area (Å²) >= 11 is 0. The molecule has 20 heavy (non-hydrogen) atoms. The van der Waals surface area contributed by atoms with Gasteiger partial charge in [-0.1, -0.05) is 30.7 Å². The first kappa shape index (κ1) is 14.5. The van der Waals surface area contributed by atoms with Gasteiger partial charge < -0.3 is 10.1 Å². The molecule has 1 aromatic carbocycles. The molecule has 0 aliphatic rings. The van der Waals surface area contributed by atoms with Crippen LogP contribution in [0.5, 0.6) is 5.75 Å². The third kappa shape index (κ3) is 3.58. The maximum absolute atomic E-state index is 5.47. The fourth-order valence-electron chi connectivity index (χ4n) is 2.42. The summed E-state index contributed by atoms with van der Waals surface area (Å²) in [5.41, 5.74) is 3.68. The van der Waals surface area contributed by atoms with Crippen molar-refractivity contribution >= 4 is 0 Å². The van der Waals surface area contributed by atoms with E-state index in [1.165, 1.54) is 16.7 Å². The molecular weight excluding hydrogens is 248 g/mol. The molecule has 0 saturated heterocycles. The van der Waals surface area contributed by atoms with Crippen LogP contribution in [0.2, 0.25) is 0 Å². The maximum Gasteiger partial charge on any atom is 0.122 e. The summed E-state index contributed by atoms with van der Waals surface area (Å²) in [7, 11) is 1.72. The summed E-state index contributed by atoms with van der Waals surface area (Å²) in [6.07, 6.45) is 4.62. The quantitative estimate of drug-likeness (QED) is 0.874. The topological polar surface area (TPSA) is 34.1 Å². The van der Waals surface area contributed by atoms with E-state index in [-0.39, 0.29) is 6.04 Å². The number of rotatable bonds is 6. The Morgan fingerprint density at radius 3 is 2.80 bits per heavy atom. The van der Waals surface area contributed by atoms with Crippen LogP contribution in [-0.2, 0) is 6.42 Å². The lowest BCUT2D eigenvalue weighted by atomic mass is 9.98. The van der Waals surface area contributed by atoms with E-state index in [1.807, 2.05) is 18.3 Å². The Kier molecular flexibility index (Phi) is 5.13. The van der Waals surface area contributed by atoms with Crippen LogP contribution < -0.4 is 10.1 Å². The molecule has 0 spiro atoms. The minimum absolute atomic E-state index is 0.254. The zero-order chi connectivity index (χ0) is 14.4. The molecule has 0 radical (unpaired) electrons. The van der Waals surface area contributed by atoms with Crippen molar-refractivity contribution in [3.05, 3.63) is 59.4 Å². The van der Waals surface area contributed by atoms with E-state index in [4.69, 9.17) is 4.74 Å². The van der Waals surface area contributed by atoms with Crippen molar-refractivity contribution in [2.24, 2.45) is 0 Å². The SMILES string of the molecule is CCNC(Cc1cc(C)ccc1OC)c1cccnc1. The van der Waals surface area contributed by atoms with Crippen LogP contribution in [0.1, 0.15) is 29.7 Å². The van der Waals surface area contributed by atoms with E-state index in [1.54, 1.807) is 13.3 Å². The van der Waals surface area contributed by atoms with E-state index >= 15 is 0 Å². The molecule has 0 saturated carbocycles. The Morgan fingerprint density at radius 2 is 2.15 bits per heavy atom. The van der Waals surface area contributed by atoms with Gasteiger partial charge in [0.2, 0.25) is 0 Å². The number of nitrogens with zero attached hydrogens (tertiary/aromatic N) is 1. The monoisotopic (exact) mass is 270 g/mol. The van der Waals surface area contributed by atoms with Crippen molar-refractivity contribution in [3.8, 4) is 5.75 Å². The summed E-state index contributed by atoms with van der Waals surface area (Å²) < 4.78 is 5.47. The number of nitrogens with one attached hydrogen (secondary N) is 1. The Morgan fingerprint density at radius 1 is 1.30 bits per heavy atom. The molecule has 3 heteroatoms. The third-order valence-electron chi connectivity index (χ3n) is 3.40. The van der Waals surface area contributed by atoms with Crippen molar-refractivity contribution in [2.75, 3.05) is 13.7 Å². The van der Waals surface area contributed by atoms with E-state index < -0.39 is 0 Å². The molecule has 0 aliphatic carbocycles. The van der Waals surface area contributed by atoms with E-state index in [9.17, 15) is 0 Å². The molecule has 0 aliphatic heterocycles. The Bertz CT molecular complexity index is 540. The summed E-state index contributed by atoms with van der Waals surface area (Å²) in [5.74, 6) is 0.947. The highest BCUT2D eigenvalue weighted by Gasteiger charge is 2.14. The number of methoxy groups -OCH3 is 1. The molecular formula is C17H22N2O. The molecule has 1 N–H and O–H groups in total. The van der Waals surface area contributed by atoms with Crippen LogP contribution in [0.3, 0.4) is 0 Å². The number of hydrogen-bond donors (Lipinski definition) is 1. The van der Waals surface area contributed by atoms with Gasteiger partial charge in [0, 0.05) is 18.4 Å². The van der Waals surface area contributed by atoms with Gasteiger partial charge in [0.25, 0.3) is 0 Å². The third-order valence-corrected chi connectivity index (χ3v) is 3.40. The second-order valence-corrected chi connectivity index (χ2v) is 4.92. The average molecular weight is 270 g/mol. The highest BCUT2D eigenvalue weighted by Crippen LogP contribution is 2.25. The number of ether oxygens (including phenoxy) is 1.